The zero-order valence-corrected chi connectivity index (χ0v) is 14.9. The summed E-state index contributed by atoms with van der Waals surface area (Å²) in [5.41, 5.74) is 2.65. The van der Waals surface area contributed by atoms with E-state index < -0.39 is 5.97 Å². The summed E-state index contributed by atoms with van der Waals surface area (Å²) < 4.78 is 10.4. The summed E-state index contributed by atoms with van der Waals surface area (Å²) in [5.74, 6) is -0.517. The van der Waals surface area contributed by atoms with E-state index in [1.165, 1.54) is 5.56 Å². The van der Waals surface area contributed by atoms with Crippen molar-refractivity contribution in [2.75, 3.05) is 32.9 Å². The molecule has 0 saturated carbocycles. The minimum absolute atomic E-state index is 0.103. The third-order valence-corrected chi connectivity index (χ3v) is 4.36. The number of rotatable bonds is 6. The molecule has 2 aromatic carbocycles. The highest BCUT2D eigenvalue weighted by Gasteiger charge is 2.14. The lowest BCUT2D eigenvalue weighted by atomic mass is 10.00. The highest BCUT2D eigenvalue weighted by Crippen LogP contribution is 2.15. The minimum Gasteiger partial charge on any atom is -0.462 e. The molecule has 0 N–H and O–H groups in total. The second kappa shape index (κ2) is 8.74. The Morgan fingerprint density at radius 3 is 2.38 bits per heavy atom. The van der Waals surface area contributed by atoms with Crippen LogP contribution >= 0.6 is 0 Å². The van der Waals surface area contributed by atoms with Crippen LogP contribution in [0.15, 0.2) is 48.5 Å². The number of ketones is 1. The number of ether oxygens (including phenoxy) is 2. The molecular weight excluding hydrogens is 330 g/mol. The highest BCUT2D eigenvalue weighted by molar-refractivity contribution is 6.10. The summed E-state index contributed by atoms with van der Waals surface area (Å²) in [7, 11) is 0. The topological polar surface area (TPSA) is 55.8 Å². The van der Waals surface area contributed by atoms with Gasteiger partial charge in [-0.05, 0) is 24.6 Å². The van der Waals surface area contributed by atoms with Gasteiger partial charge in [0.05, 0.1) is 25.4 Å². The Morgan fingerprint density at radius 2 is 1.69 bits per heavy atom. The van der Waals surface area contributed by atoms with Gasteiger partial charge in [-0.15, -0.1) is 0 Å². The second-order valence-corrected chi connectivity index (χ2v) is 6.22. The molecule has 0 radical (unpaired) electrons. The SMILES string of the molecule is CCOC(=O)c1cccc(C(=O)c2ccc(CN3CCOCC3)cc2)c1. The Balaban J connectivity index is 1.69. The lowest BCUT2D eigenvalue weighted by Gasteiger charge is -2.26. The van der Waals surface area contributed by atoms with Crippen LogP contribution in [-0.2, 0) is 16.0 Å². The Hall–Kier alpha value is -2.50. The Bertz CT molecular complexity index is 764. The summed E-state index contributed by atoms with van der Waals surface area (Å²) in [6.07, 6.45) is 0. The number of nitrogens with zero attached hydrogens (tertiary/aromatic N) is 1. The number of esters is 1. The average Bonchev–Trinajstić information content (AvgIpc) is 2.69. The third-order valence-electron chi connectivity index (χ3n) is 4.36. The van der Waals surface area contributed by atoms with Crippen LogP contribution in [-0.4, -0.2) is 49.6 Å². The van der Waals surface area contributed by atoms with Crippen LogP contribution in [0.25, 0.3) is 0 Å². The van der Waals surface area contributed by atoms with Crippen LogP contribution in [0.2, 0.25) is 0 Å². The summed E-state index contributed by atoms with van der Waals surface area (Å²) in [6.45, 7) is 6.33. The first-order valence-corrected chi connectivity index (χ1v) is 8.88. The van der Waals surface area contributed by atoms with Gasteiger partial charge >= 0.3 is 5.97 Å². The lowest BCUT2D eigenvalue weighted by molar-refractivity contribution is 0.0342. The van der Waals surface area contributed by atoms with Crippen LogP contribution in [0.3, 0.4) is 0 Å². The average molecular weight is 353 g/mol. The summed E-state index contributed by atoms with van der Waals surface area (Å²) >= 11 is 0. The number of hydrogen-bond acceptors (Lipinski definition) is 5. The van der Waals surface area contributed by atoms with Crippen molar-refractivity contribution < 1.29 is 19.1 Å². The molecular formula is C21H23NO4. The van der Waals surface area contributed by atoms with E-state index in [1.807, 2.05) is 24.3 Å². The van der Waals surface area contributed by atoms with Gasteiger partial charge in [-0.25, -0.2) is 4.79 Å². The van der Waals surface area contributed by atoms with E-state index in [2.05, 4.69) is 4.90 Å². The fourth-order valence-electron chi connectivity index (χ4n) is 2.95. The van der Waals surface area contributed by atoms with Crippen molar-refractivity contribution in [1.82, 2.24) is 4.90 Å². The zero-order valence-electron chi connectivity index (χ0n) is 14.9. The van der Waals surface area contributed by atoms with Crippen molar-refractivity contribution in [2.24, 2.45) is 0 Å². The van der Waals surface area contributed by atoms with E-state index in [4.69, 9.17) is 9.47 Å². The van der Waals surface area contributed by atoms with E-state index in [1.54, 1.807) is 31.2 Å². The number of benzene rings is 2. The van der Waals surface area contributed by atoms with Crippen molar-refractivity contribution >= 4 is 11.8 Å². The molecule has 136 valence electrons. The lowest BCUT2D eigenvalue weighted by Crippen LogP contribution is -2.35. The fraction of sp³-hybridized carbons (Fsp3) is 0.333. The van der Waals surface area contributed by atoms with Crippen molar-refractivity contribution in [1.29, 1.82) is 0 Å². The van der Waals surface area contributed by atoms with Crippen molar-refractivity contribution in [2.45, 2.75) is 13.5 Å². The van der Waals surface area contributed by atoms with Crippen molar-refractivity contribution in [3.63, 3.8) is 0 Å². The van der Waals surface area contributed by atoms with Crippen LogP contribution in [0, 0.1) is 0 Å². The van der Waals surface area contributed by atoms with E-state index in [9.17, 15) is 9.59 Å². The van der Waals surface area contributed by atoms with Crippen molar-refractivity contribution in [3.05, 3.63) is 70.8 Å². The van der Waals surface area contributed by atoms with Gasteiger partial charge in [-0.2, -0.15) is 0 Å². The molecule has 0 aromatic heterocycles. The van der Waals surface area contributed by atoms with Crippen molar-refractivity contribution in [3.8, 4) is 0 Å². The molecule has 0 unspecified atom stereocenters. The van der Waals surface area contributed by atoms with Gasteiger partial charge in [0.15, 0.2) is 5.78 Å². The monoisotopic (exact) mass is 353 g/mol. The van der Waals surface area contributed by atoms with E-state index in [-0.39, 0.29) is 5.78 Å². The molecule has 3 rings (SSSR count). The fourth-order valence-corrected chi connectivity index (χ4v) is 2.95. The smallest absolute Gasteiger partial charge is 0.338 e. The predicted octanol–water partition coefficient (Wildman–Crippen LogP) is 2.93. The summed E-state index contributed by atoms with van der Waals surface area (Å²) in [6, 6.07) is 14.3. The number of carbonyl (C=O) groups excluding carboxylic acids is 2. The first-order chi connectivity index (χ1) is 12.7. The second-order valence-electron chi connectivity index (χ2n) is 6.22. The quantitative estimate of drug-likeness (QED) is 0.590. The van der Waals surface area contributed by atoms with E-state index >= 15 is 0 Å². The minimum atomic E-state index is -0.414. The highest BCUT2D eigenvalue weighted by atomic mass is 16.5. The zero-order chi connectivity index (χ0) is 18.4. The van der Waals surface area contributed by atoms with Crippen LogP contribution in [0.5, 0.6) is 0 Å². The Labute approximate surface area is 153 Å². The largest absolute Gasteiger partial charge is 0.462 e. The maximum atomic E-state index is 12.7. The molecule has 26 heavy (non-hydrogen) atoms. The molecule has 0 spiro atoms. The summed E-state index contributed by atoms with van der Waals surface area (Å²) in [4.78, 5) is 26.9. The van der Waals surface area contributed by atoms with Crippen LogP contribution in [0.1, 0.15) is 38.8 Å². The first kappa shape index (κ1) is 18.3. The molecule has 0 amide bonds. The molecule has 1 fully saturated rings. The number of morpholine rings is 1. The Morgan fingerprint density at radius 1 is 1.00 bits per heavy atom. The Kier molecular flexibility index (Phi) is 6.15. The molecule has 0 bridgehead atoms. The van der Waals surface area contributed by atoms with Gasteiger partial charge in [-0.1, -0.05) is 36.4 Å². The van der Waals surface area contributed by atoms with Gasteiger partial charge < -0.3 is 9.47 Å². The van der Waals surface area contributed by atoms with Gasteiger partial charge in [0.2, 0.25) is 0 Å². The van der Waals surface area contributed by atoms with E-state index in [0.717, 1.165) is 32.8 Å². The molecule has 5 heteroatoms. The number of carbonyl (C=O) groups is 2. The van der Waals surface area contributed by atoms with Gasteiger partial charge in [0.25, 0.3) is 0 Å². The molecule has 0 atom stereocenters. The van der Waals surface area contributed by atoms with Gasteiger partial charge in [-0.3, -0.25) is 9.69 Å². The molecule has 0 aliphatic carbocycles. The molecule has 1 aliphatic heterocycles. The standard InChI is InChI=1S/C21H23NO4/c1-2-26-21(24)19-5-3-4-18(14-19)20(23)17-8-6-16(7-9-17)15-22-10-12-25-13-11-22/h3-9,14H,2,10-13,15H2,1H3. The first-order valence-electron chi connectivity index (χ1n) is 8.88. The van der Waals surface area contributed by atoms with Crippen LogP contribution < -0.4 is 0 Å². The van der Waals surface area contributed by atoms with Gasteiger partial charge in [0, 0.05) is 30.8 Å². The molecule has 1 saturated heterocycles. The van der Waals surface area contributed by atoms with Crippen LogP contribution in [0.4, 0.5) is 0 Å². The maximum absolute atomic E-state index is 12.7. The molecule has 5 nitrogen and oxygen atoms in total. The normalized spacial score (nSPS) is 14.8. The maximum Gasteiger partial charge on any atom is 0.338 e. The number of hydrogen-bond donors (Lipinski definition) is 0. The molecule has 1 aliphatic rings. The predicted molar refractivity (Wildman–Crippen MR) is 98.4 cm³/mol. The molecule has 1 heterocycles. The van der Waals surface area contributed by atoms with Gasteiger partial charge in [0.1, 0.15) is 0 Å². The molecule has 2 aromatic rings. The van der Waals surface area contributed by atoms with E-state index in [0.29, 0.717) is 23.3 Å². The summed E-state index contributed by atoms with van der Waals surface area (Å²) in [5, 5.41) is 0. The third kappa shape index (κ3) is 4.56.